The quantitative estimate of drug-likeness (QED) is 0.840. The number of aryl methyl sites for hydroxylation is 1. The summed E-state index contributed by atoms with van der Waals surface area (Å²) in [6.45, 7) is 5.96. The molecule has 4 heteroatoms. The second-order valence-corrected chi connectivity index (χ2v) is 8.34. The fourth-order valence-corrected chi connectivity index (χ4v) is 5.73. The number of para-hydroxylation sites is 1. The summed E-state index contributed by atoms with van der Waals surface area (Å²) in [5.41, 5.74) is 8.64. The van der Waals surface area contributed by atoms with E-state index in [9.17, 15) is 0 Å². The standard InChI is InChI=1S/C23H27N3O/c1-2-6-21-16(4-1)5-3-9-25(21)18-12-17-15-27-11-10-26-22-7-8-24-14-20(22)19(13-18)23(17)26/h1-2,4,6,12-13,20,22,24H,3,5,7-11,14-15H2/t20-,22-/m0/s1. The first kappa shape index (κ1) is 16.0. The lowest BCUT2D eigenvalue weighted by atomic mass is 9.89. The van der Waals surface area contributed by atoms with Gasteiger partial charge in [0.15, 0.2) is 0 Å². The molecule has 0 radical (unpaired) electrons. The van der Waals surface area contributed by atoms with Gasteiger partial charge in [0.1, 0.15) is 0 Å². The Labute approximate surface area is 161 Å². The van der Waals surface area contributed by atoms with Crippen molar-refractivity contribution in [1.29, 1.82) is 0 Å². The van der Waals surface area contributed by atoms with Crippen LogP contribution in [0.5, 0.6) is 0 Å². The molecule has 0 saturated carbocycles. The molecule has 0 unspecified atom stereocenters. The summed E-state index contributed by atoms with van der Waals surface area (Å²) >= 11 is 0. The zero-order valence-corrected chi connectivity index (χ0v) is 15.8. The number of rotatable bonds is 1. The van der Waals surface area contributed by atoms with Gasteiger partial charge in [-0.25, -0.2) is 0 Å². The van der Waals surface area contributed by atoms with Gasteiger partial charge in [0.25, 0.3) is 0 Å². The molecular formula is C23H27N3O. The van der Waals surface area contributed by atoms with E-state index >= 15 is 0 Å². The minimum atomic E-state index is 0.616. The Kier molecular flexibility index (Phi) is 3.69. The highest BCUT2D eigenvalue weighted by Crippen LogP contribution is 2.48. The molecule has 27 heavy (non-hydrogen) atoms. The second-order valence-electron chi connectivity index (χ2n) is 8.34. The molecular weight excluding hydrogens is 334 g/mol. The fraction of sp³-hybridized carbons (Fsp3) is 0.478. The van der Waals surface area contributed by atoms with Crippen molar-refractivity contribution in [2.75, 3.05) is 42.6 Å². The topological polar surface area (TPSA) is 27.7 Å². The summed E-state index contributed by atoms with van der Waals surface area (Å²) in [4.78, 5) is 5.20. The summed E-state index contributed by atoms with van der Waals surface area (Å²) in [5.74, 6) is 0.616. The molecule has 0 spiro atoms. The molecule has 0 bridgehead atoms. The van der Waals surface area contributed by atoms with Crippen LogP contribution >= 0.6 is 0 Å². The van der Waals surface area contributed by atoms with Gasteiger partial charge in [-0.1, -0.05) is 18.2 Å². The average Bonchev–Trinajstić information content (AvgIpc) is 2.89. The molecule has 2 aromatic rings. The molecule has 4 nitrogen and oxygen atoms in total. The normalized spacial score (nSPS) is 26.2. The van der Waals surface area contributed by atoms with Crippen molar-refractivity contribution in [3.63, 3.8) is 0 Å². The van der Waals surface area contributed by atoms with E-state index < -0.39 is 0 Å². The molecule has 1 saturated heterocycles. The number of hydrogen-bond donors (Lipinski definition) is 1. The van der Waals surface area contributed by atoms with Crippen molar-refractivity contribution >= 4 is 17.1 Å². The minimum absolute atomic E-state index is 0.616. The minimum Gasteiger partial charge on any atom is -0.375 e. The smallest absolute Gasteiger partial charge is 0.0738 e. The maximum absolute atomic E-state index is 6.00. The lowest BCUT2D eigenvalue weighted by Crippen LogP contribution is -2.44. The molecule has 4 aliphatic heterocycles. The third-order valence-corrected chi connectivity index (χ3v) is 6.89. The van der Waals surface area contributed by atoms with Crippen molar-refractivity contribution in [3.05, 3.63) is 53.1 Å². The first-order chi connectivity index (χ1) is 13.4. The highest BCUT2D eigenvalue weighted by Gasteiger charge is 2.42. The first-order valence-corrected chi connectivity index (χ1v) is 10.5. The number of nitrogens with one attached hydrogen (secondary N) is 1. The van der Waals surface area contributed by atoms with E-state index in [1.54, 1.807) is 5.56 Å². The molecule has 1 N–H and O–H groups in total. The molecule has 4 aliphatic rings. The summed E-state index contributed by atoms with van der Waals surface area (Å²) < 4.78 is 6.00. The molecule has 4 heterocycles. The SMILES string of the molecule is c1ccc2c(c1)CCCN2c1cc2c3c(c1)[C@@H]1CNCC[C@@H]1N3CCOC2. The van der Waals surface area contributed by atoms with Crippen molar-refractivity contribution in [2.24, 2.45) is 0 Å². The van der Waals surface area contributed by atoms with E-state index in [2.05, 4.69) is 51.5 Å². The van der Waals surface area contributed by atoms with E-state index in [1.807, 2.05) is 0 Å². The number of benzene rings is 2. The van der Waals surface area contributed by atoms with Crippen LogP contribution in [0.25, 0.3) is 0 Å². The van der Waals surface area contributed by atoms with Crippen LogP contribution in [0.3, 0.4) is 0 Å². The predicted molar refractivity (Wildman–Crippen MR) is 109 cm³/mol. The monoisotopic (exact) mass is 361 g/mol. The van der Waals surface area contributed by atoms with Gasteiger partial charge in [-0.3, -0.25) is 0 Å². The molecule has 2 aromatic carbocycles. The van der Waals surface area contributed by atoms with E-state index in [4.69, 9.17) is 4.74 Å². The van der Waals surface area contributed by atoms with E-state index in [1.165, 1.54) is 47.5 Å². The number of anilines is 3. The Hall–Kier alpha value is -2.04. The van der Waals surface area contributed by atoms with Gasteiger partial charge in [0, 0.05) is 54.2 Å². The molecule has 1 fully saturated rings. The van der Waals surface area contributed by atoms with Crippen molar-refractivity contribution in [2.45, 2.75) is 37.8 Å². The summed E-state index contributed by atoms with van der Waals surface area (Å²) in [6, 6.07) is 14.5. The summed E-state index contributed by atoms with van der Waals surface area (Å²) in [5, 5.41) is 3.64. The summed E-state index contributed by atoms with van der Waals surface area (Å²) in [6.07, 6.45) is 3.65. The van der Waals surface area contributed by atoms with Crippen LogP contribution in [-0.2, 0) is 17.8 Å². The zero-order chi connectivity index (χ0) is 17.8. The maximum Gasteiger partial charge on any atom is 0.0738 e. The first-order valence-electron chi connectivity index (χ1n) is 10.5. The number of fused-ring (bicyclic) bond motifs is 4. The Morgan fingerprint density at radius 3 is 3.04 bits per heavy atom. The largest absolute Gasteiger partial charge is 0.375 e. The van der Waals surface area contributed by atoms with Crippen LogP contribution in [0.15, 0.2) is 36.4 Å². The van der Waals surface area contributed by atoms with Gasteiger partial charge in [-0.2, -0.15) is 0 Å². The average molecular weight is 361 g/mol. The fourth-order valence-electron chi connectivity index (χ4n) is 5.73. The molecule has 0 aliphatic carbocycles. The number of ether oxygens (including phenoxy) is 1. The number of piperidine rings is 1. The van der Waals surface area contributed by atoms with Crippen LogP contribution in [0.1, 0.15) is 35.4 Å². The van der Waals surface area contributed by atoms with E-state index in [0.717, 1.165) is 39.4 Å². The number of nitrogens with zero attached hydrogens (tertiary/aromatic N) is 2. The predicted octanol–water partition coefficient (Wildman–Crippen LogP) is 3.57. The van der Waals surface area contributed by atoms with Crippen LogP contribution in [-0.4, -0.2) is 38.8 Å². The molecule has 6 rings (SSSR count). The highest BCUT2D eigenvalue weighted by molar-refractivity contribution is 5.76. The Morgan fingerprint density at radius 2 is 2.04 bits per heavy atom. The molecule has 0 aromatic heterocycles. The van der Waals surface area contributed by atoms with Crippen LogP contribution in [0.4, 0.5) is 17.1 Å². The Bertz CT molecular complexity index is 880. The molecule has 0 amide bonds. The van der Waals surface area contributed by atoms with Gasteiger partial charge in [0.05, 0.1) is 13.2 Å². The lowest BCUT2D eigenvalue weighted by Gasteiger charge is -2.33. The lowest BCUT2D eigenvalue weighted by molar-refractivity contribution is 0.130. The molecule has 140 valence electrons. The van der Waals surface area contributed by atoms with Gasteiger partial charge >= 0.3 is 0 Å². The number of hydrogen-bond acceptors (Lipinski definition) is 4. The Balaban J connectivity index is 1.50. The third kappa shape index (κ3) is 2.43. The van der Waals surface area contributed by atoms with Gasteiger partial charge in [0.2, 0.25) is 0 Å². The summed E-state index contributed by atoms with van der Waals surface area (Å²) in [7, 11) is 0. The van der Waals surface area contributed by atoms with Crippen molar-refractivity contribution < 1.29 is 4.74 Å². The van der Waals surface area contributed by atoms with Gasteiger partial charge in [-0.05, 0) is 55.1 Å². The van der Waals surface area contributed by atoms with Crippen LogP contribution in [0, 0.1) is 0 Å². The highest BCUT2D eigenvalue weighted by atomic mass is 16.5. The molecule has 2 atom stereocenters. The van der Waals surface area contributed by atoms with E-state index in [0.29, 0.717) is 12.0 Å². The van der Waals surface area contributed by atoms with Crippen LogP contribution in [0.2, 0.25) is 0 Å². The van der Waals surface area contributed by atoms with Gasteiger partial charge < -0.3 is 19.9 Å². The maximum atomic E-state index is 6.00. The zero-order valence-electron chi connectivity index (χ0n) is 15.8. The third-order valence-electron chi connectivity index (χ3n) is 6.89. The van der Waals surface area contributed by atoms with E-state index in [-0.39, 0.29) is 0 Å². The Morgan fingerprint density at radius 1 is 1.07 bits per heavy atom. The van der Waals surface area contributed by atoms with Crippen molar-refractivity contribution in [3.8, 4) is 0 Å². The second kappa shape index (κ2) is 6.25. The van der Waals surface area contributed by atoms with Crippen molar-refractivity contribution in [1.82, 2.24) is 5.32 Å². The van der Waals surface area contributed by atoms with Gasteiger partial charge in [-0.15, -0.1) is 0 Å². The van der Waals surface area contributed by atoms with Crippen LogP contribution < -0.4 is 15.1 Å².